The second-order valence-corrected chi connectivity index (χ2v) is 6.08. The fourth-order valence-corrected chi connectivity index (χ4v) is 2.80. The zero-order valence-electron chi connectivity index (χ0n) is 13.2. The first kappa shape index (κ1) is 16.6. The fraction of sp³-hybridized carbons (Fsp3) is 0.0588. The van der Waals surface area contributed by atoms with Crippen molar-refractivity contribution in [2.45, 2.75) is 6.92 Å². The molecule has 2 aromatic heterocycles. The van der Waals surface area contributed by atoms with E-state index in [1.807, 2.05) is 30.3 Å². The highest BCUT2D eigenvalue weighted by Crippen LogP contribution is 2.08. The van der Waals surface area contributed by atoms with Gasteiger partial charge in [0.1, 0.15) is 0 Å². The standard InChI is InChI=1S/C17H14N4O3S/c1-11-10-13(22)15(20-21(11)12-6-3-2-4-7-12)17(24)19-18-16(23)14-8-5-9-25-14/h2-10H,1H3,(H,18,23)(H,19,24). The van der Waals surface area contributed by atoms with E-state index < -0.39 is 17.2 Å². The number of hydrogen-bond donors (Lipinski definition) is 2. The van der Waals surface area contributed by atoms with Crippen LogP contribution in [0.25, 0.3) is 5.69 Å². The highest BCUT2D eigenvalue weighted by molar-refractivity contribution is 7.12. The minimum atomic E-state index is -0.778. The molecule has 0 aliphatic heterocycles. The zero-order chi connectivity index (χ0) is 17.8. The van der Waals surface area contributed by atoms with E-state index >= 15 is 0 Å². The van der Waals surface area contributed by atoms with Crippen molar-refractivity contribution in [3.8, 4) is 5.69 Å². The van der Waals surface area contributed by atoms with E-state index in [1.54, 1.807) is 24.4 Å². The summed E-state index contributed by atoms with van der Waals surface area (Å²) in [7, 11) is 0. The van der Waals surface area contributed by atoms with Gasteiger partial charge in [-0.2, -0.15) is 5.10 Å². The van der Waals surface area contributed by atoms with Gasteiger partial charge in [0, 0.05) is 11.8 Å². The maximum Gasteiger partial charge on any atom is 0.294 e. The molecule has 0 fully saturated rings. The molecule has 0 saturated heterocycles. The minimum absolute atomic E-state index is 0.305. The van der Waals surface area contributed by atoms with Crippen LogP contribution in [0.1, 0.15) is 25.9 Å². The quantitative estimate of drug-likeness (QED) is 0.700. The van der Waals surface area contributed by atoms with Crippen LogP contribution in [-0.4, -0.2) is 21.6 Å². The Morgan fingerprint density at radius 3 is 2.44 bits per heavy atom. The van der Waals surface area contributed by atoms with Crippen molar-refractivity contribution in [1.29, 1.82) is 0 Å². The third-order valence-electron chi connectivity index (χ3n) is 3.36. The van der Waals surface area contributed by atoms with E-state index in [-0.39, 0.29) is 5.69 Å². The van der Waals surface area contributed by atoms with E-state index in [1.165, 1.54) is 22.1 Å². The van der Waals surface area contributed by atoms with Crippen molar-refractivity contribution in [1.82, 2.24) is 20.6 Å². The van der Waals surface area contributed by atoms with Crippen LogP contribution in [-0.2, 0) is 0 Å². The molecule has 25 heavy (non-hydrogen) atoms. The summed E-state index contributed by atoms with van der Waals surface area (Å²) in [6.07, 6.45) is 0. The molecule has 0 aliphatic rings. The van der Waals surface area contributed by atoms with Crippen molar-refractivity contribution >= 4 is 23.2 Å². The van der Waals surface area contributed by atoms with Crippen LogP contribution in [0.4, 0.5) is 0 Å². The van der Waals surface area contributed by atoms with E-state index in [9.17, 15) is 14.4 Å². The highest BCUT2D eigenvalue weighted by Gasteiger charge is 2.16. The Morgan fingerprint density at radius 1 is 1.04 bits per heavy atom. The van der Waals surface area contributed by atoms with Crippen LogP contribution in [0.15, 0.2) is 58.7 Å². The number of hydrogen-bond acceptors (Lipinski definition) is 5. The summed E-state index contributed by atoms with van der Waals surface area (Å²) in [6.45, 7) is 1.72. The molecule has 3 aromatic rings. The Labute approximate surface area is 146 Å². The molecule has 0 spiro atoms. The lowest BCUT2D eigenvalue weighted by atomic mass is 10.3. The third-order valence-corrected chi connectivity index (χ3v) is 4.23. The van der Waals surface area contributed by atoms with Crippen molar-refractivity contribution in [2.24, 2.45) is 0 Å². The smallest absolute Gasteiger partial charge is 0.287 e. The Kier molecular flexibility index (Phi) is 4.71. The van der Waals surface area contributed by atoms with E-state index in [0.29, 0.717) is 10.6 Å². The molecule has 0 radical (unpaired) electrons. The average Bonchev–Trinajstić information content (AvgIpc) is 3.15. The number of para-hydroxylation sites is 1. The molecule has 1 aromatic carbocycles. The molecule has 0 unspecified atom stereocenters. The second kappa shape index (κ2) is 7.10. The average molecular weight is 354 g/mol. The molecule has 0 aliphatic carbocycles. The number of aromatic nitrogens is 2. The molecule has 2 N–H and O–H groups in total. The number of nitrogens with zero attached hydrogens (tertiary/aromatic N) is 2. The number of carbonyl (C=O) groups excluding carboxylic acids is 2. The molecular formula is C17H14N4O3S. The van der Waals surface area contributed by atoms with E-state index in [4.69, 9.17) is 0 Å². The maximum atomic E-state index is 12.2. The summed E-state index contributed by atoms with van der Waals surface area (Å²) in [5, 5.41) is 5.87. The van der Waals surface area contributed by atoms with Gasteiger partial charge in [0.2, 0.25) is 5.43 Å². The summed E-state index contributed by atoms with van der Waals surface area (Å²) in [4.78, 5) is 36.6. The van der Waals surface area contributed by atoms with Crippen molar-refractivity contribution in [2.75, 3.05) is 0 Å². The Morgan fingerprint density at radius 2 is 1.76 bits per heavy atom. The predicted molar refractivity (Wildman–Crippen MR) is 93.8 cm³/mol. The molecule has 7 nitrogen and oxygen atoms in total. The number of carbonyl (C=O) groups is 2. The minimum Gasteiger partial charge on any atom is -0.287 e. The van der Waals surface area contributed by atoms with Crippen LogP contribution in [0.2, 0.25) is 0 Å². The lowest BCUT2D eigenvalue weighted by Gasteiger charge is -2.11. The lowest BCUT2D eigenvalue weighted by Crippen LogP contribution is -2.43. The van der Waals surface area contributed by atoms with Gasteiger partial charge >= 0.3 is 0 Å². The van der Waals surface area contributed by atoms with Crippen LogP contribution in [0, 0.1) is 6.92 Å². The van der Waals surface area contributed by atoms with Crippen LogP contribution in [0.3, 0.4) is 0 Å². The summed E-state index contributed by atoms with van der Waals surface area (Å²) in [6, 6.07) is 13.8. The van der Waals surface area contributed by atoms with E-state index in [0.717, 1.165) is 5.69 Å². The van der Waals surface area contributed by atoms with Crippen molar-refractivity contribution in [3.05, 3.63) is 80.4 Å². The maximum absolute atomic E-state index is 12.2. The molecule has 8 heteroatoms. The van der Waals surface area contributed by atoms with Gasteiger partial charge in [-0.1, -0.05) is 24.3 Å². The Hall–Kier alpha value is -3.26. The van der Waals surface area contributed by atoms with Gasteiger partial charge in [-0.15, -0.1) is 11.3 Å². The molecule has 2 amide bonds. The Balaban J connectivity index is 1.83. The first-order valence-electron chi connectivity index (χ1n) is 7.37. The van der Waals surface area contributed by atoms with Crippen LogP contribution in [0.5, 0.6) is 0 Å². The predicted octanol–water partition coefficient (Wildman–Crippen LogP) is 1.68. The second-order valence-electron chi connectivity index (χ2n) is 5.13. The topological polar surface area (TPSA) is 93.1 Å². The fourth-order valence-electron chi connectivity index (χ4n) is 2.18. The SMILES string of the molecule is Cc1cc(=O)c(C(=O)NNC(=O)c2cccs2)nn1-c1ccccc1. The van der Waals surface area contributed by atoms with Gasteiger partial charge in [-0.3, -0.25) is 25.2 Å². The summed E-state index contributed by atoms with van der Waals surface area (Å²) in [5.74, 6) is -1.24. The van der Waals surface area contributed by atoms with Gasteiger partial charge in [0.15, 0.2) is 5.69 Å². The highest BCUT2D eigenvalue weighted by atomic mass is 32.1. The van der Waals surface area contributed by atoms with Crippen molar-refractivity contribution in [3.63, 3.8) is 0 Å². The van der Waals surface area contributed by atoms with E-state index in [2.05, 4.69) is 16.0 Å². The number of hydrazine groups is 1. The summed E-state index contributed by atoms with van der Waals surface area (Å²) >= 11 is 1.24. The molecule has 0 atom stereocenters. The lowest BCUT2D eigenvalue weighted by molar-refractivity contribution is 0.0844. The number of rotatable bonds is 3. The molecule has 0 bridgehead atoms. The number of thiophene rings is 1. The largest absolute Gasteiger partial charge is 0.294 e. The van der Waals surface area contributed by atoms with Gasteiger partial charge in [0.05, 0.1) is 10.6 Å². The van der Waals surface area contributed by atoms with Gasteiger partial charge < -0.3 is 0 Å². The zero-order valence-corrected chi connectivity index (χ0v) is 14.0. The van der Waals surface area contributed by atoms with Gasteiger partial charge in [0.25, 0.3) is 11.8 Å². The number of amides is 2. The molecule has 0 saturated carbocycles. The van der Waals surface area contributed by atoms with Crippen molar-refractivity contribution < 1.29 is 9.59 Å². The molecule has 3 rings (SSSR count). The Bertz CT molecular complexity index is 965. The van der Waals surface area contributed by atoms with Crippen LogP contribution < -0.4 is 16.3 Å². The first-order chi connectivity index (χ1) is 12.1. The summed E-state index contributed by atoms with van der Waals surface area (Å²) in [5.41, 5.74) is 4.97. The third kappa shape index (κ3) is 3.64. The molecular weight excluding hydrogens is 340 g/mol. The number of benzene rings is 1. The first-order valence-corrected chi connectivity index (χ1v) is 8.25. The number of aryl methyl sites for hydroxylation is 1. The monoisotopic (exact) mass is 354 g/mol. The molecule has 126 valence electrons. The van der Waals surface area contributed by atoms with Crippen LogP contribution >= 0.6 is 11.3 Å². The van der Waals surface area contributed by atoms with Gasteiger partial charge in [-0.25, -0.2) is 4.68 Å². The van der Waals surface area contributed by atoms with Gasteiger partial charge in [-0.05, 0) is 30.5 Å². The number of nitrogens with one attached hydrogen (secondary N) is 2. The summed E-state index contributed by atoms with van der Waals surface area (Å²) < 4.78 is 1.50. The normalized spacial score (nSPS) is 10.3. The molecule has 2 heterocycles.